The van der Waals surface area contributed by atoms with Gasteiger partial charge >= 0.3 is 0 Å². The predicted octanol–water partition coefficient (Wildman–Crippen LogP) is 1.98. The van der Waals surface area contributed by atoms with Crippen molar-refractivity contribution in [2.24, 2.45) is 7.05 Å². The lowest BCUT2D eigenvalue weighted by atomic mass is 10.1. The molecular weight excluding hydrogens is 214 g/mol. The van der Waals surface area contributed by atoms with Gasteiger partial charge in [0, 0.05) is 18.6 Å². The predicted molar refractivity (Wildman–Crippen MR) is 68.2 cm³/mol. The zero-order valence-electron chi connectivity index (χ0n) is 9.82. The molecule has 0 aliphatic rings. The number of aromatic amines is 1. The molecule has 17 heavy (non-hydrogen) atoms. The van der Waals surface area contributed by atoms with E-state index in [0.717, 1.165) is 22.8 Å². The number of fused-ring (bicyclic) bond motifs is 3. The molecule has 3 rings (SSSR count). The number of aryl methyl sites for hydroxylation is 2. The molecular formula is C13H13N3O. The first-order valence-corrected chi connectivity index (χ1v) is 5.67. The fourth-order valence-electron chi connectivity index (χ4n) is 2.25. The smallest absolute Gasteiger partial charge is 0.275 e. The minimum absolute atomic E-state index is 0.0312. The molecule has 4 nitrogen and oxygen atoms in total. The standard InChI is InChI=1S/C13H13N3O/c1-3-8-5-4-6-9-11(8)14-7-10-12(9)15-16(2)13(10)17/h4-7,15H,3H2,1-2H3. The van der Waals surface area contributed by atoms with Crippen molar-refractivity contribution in [3.63, 3.8) is 0 Å². The average molecular weight is 227 g/mol. The van der Waals surface area contributed by atoms with Gasteiger partial charge in [-0.1, -0.05) is 25.1 Å². The third-order valence-corrected chi connectivity index (χ3v) is 3.18. The van der Waals surface area contributed by atoms with E-state index in [4.69, 9.17) is 0 Å². The van der Waals surface area contributed by atoms with Crippen molar-refractivity contribution < 1.29 is 0 Å². The van der Waals surface area contributed by atoms with Crippen LogP contribution in [0.1, 0.15) is 12.5 Å². The van der Waals surface area contributed by atoms with Crippen LogP contribution in [0.4, 0.5) is 0 Å². The Morgan fingerprint density at radius 3 is 2.94 bits per heavy atom. The summed E-state index contributed by atoms with van der Waals surface area (Å²) in [6, 6.07) is 6.08. The molecule has 0 saturated carbocycles. The molecule has 0 unspecified atom stereocenters. The molecule has 0 bridgehead atoms. The van der Waals surface area contributed by atoms with Crippen molar-refractivity contribution >= 4 is 21.8 Å². The number of nitrogens with zero attached hydrogens (tertiary/aromatic N) is 2. The molecule has 0 amide bonds. The Kier molecular flexibility index (Phi) is 2.04. The second-order valence-corrected chi connectivity index (χ2v) is 4.19. The van der Waals surface area contributed by atoms with Crippen LogP contribution in [0, 0.1) is 0 Å². The van der Waals surface area contributed by atoms with Crippen LogP contribution in [-0.4, -0.2) is 14.8 Å². The number of aromatic nitrogens is 3. The Morgan fingerprint density at radius 1 is 1.35 bits per heavy atom. The first-order valence-electron chi connectivity index (χ1n) is 5.67. The minimum atomic E-state index is -0.0312. The maximum Gasteiger partial charge on any atom is 0.275 e. The zero-order chi connectivity index (χ0) is 12.0. The summed E-state index contributed by atoms with van der Waals surface area (Å²) in [4.78, 5) is 16.2. The topological polar surface area (TPSA) is 50.7 Å². The lowest BCUT2D eigenvalue weighted by Crippen LogP contribution is -2.11. The molecule has 0 aliphatic carbocycles. The minimum Gasteiger partial charge on any atom is -0.294 e. The number of pyridine rings is 1. The van der Waals surface area contributed by atoms with E-state index in [2.05, 4.69) is 23.1 Å². The zero-order valence-corrected chi connectivity index (χ0v) is 9.82. The molecule has 2 aromatic heterocycles. The number of benzene rings is 1. The van der Waals surface area contributed by atoms with E-state index in [1.54, 1.807) is 13.2 Å². The molecule has 0 saturated heterocycles. The molecule has 1 aromatic carbocycles. The van der Waals surface area contributed by atoms with E-state index < -0.39 is 0 Å². The van der Waals surface area contributed by atoms with Gasteiger partial charge in [-0.25, -0.2) is 0 Å². The number of rotatable bonds is 1. The van der Waals surface area contributed by atoms with Crippen LogP contribution in [0.25, 0.3) is 21.8 Å². The SMILES string of the molecule is CCc1cccc2c1ncc1c(=O)n(C)[nH]c12. The Bertz CT molecular complexity index is 767. The average Bonchev–Trinajstić information content (AvgIpc) is 2.65. The summed E-state index contributed by atoms with van der Waals surface area (Å²) in [7, 11) is 1.72. The Labute approximate surface area is 97.9 Å². The summed E-state index contributed by atoms with van der Waals surface area (Å²) in [5, 5.41) is 4.75. The Hall–Kier alpha value is -2.10. The van der Waals surface area contributed by atoms with Gasteiger partial charge in [-0.3, -0.25) is 19.6 Å². The van der Waals surface area contributed by atoms with Gasteiger partial charge in [0.15, 0.2) is 0 Å². The summed E-state index contributed by atoms with van der Waals surface area (Å²) >= 11 is 0. The number of para-hydroxylation sites is 1. The number of H-pyrrole nitrogens is 1. The fourth-order valence-corrected chi connectivity index (χ4v) is 2.25. The van der Waals surface area contributed by atoms with Crippen LogP contribution in [0.2, 0.25) is 0 Å². The van der Waals surface area contributed by atoms with Gasteiger partial charge in [-0.05, 0) is 12.0 Å². The Balaban J connectivity index is 2.57. The number of hydrogen-bond donors (Lipinski definition) is 1. The molecule has 3 aromatic rings. The van der Waals surface area contributed by atoms with Crippen molar-refractivity contribution in [1.29, 1.82) is 0 Å². The lowest BCUT2D eigenvalue weighted by molar-refractivity contribution is 0.751. The maximum absolute atomic E-state index is 11.8. The van der Waals surface area contributed by atoms with Gasteiger partial charge in [-0.2, -0.15) is 0 Å². The summed E-state index contributed by atoms with van der Waals surface area (Å²) < 4.78 is 1.49. The van der Waals surface area contributed by atoms with Crippen LogP contribution >= 0.6 is 0 Å². The fraction of sp³-hybridized carbons (Fsp3) is 0.231. The number of nitrogens with one attached hydrogen (secondary N) is 1. The largest absolute Gasteiger partial charge is 0.294 e. The van der Waals surface area contributed by atoms with E-state index >= 15 is 0 Å². The van der Waals surface area contributed by atoms with Crippen molar-refractivity contribution in [2.75, 3.05) is 0 Å². The summed E-state index contributed by atoms with van der Waals surface area (Å²) in [6.45, 7) is 2.11. The molecule has 4 heteroatoms. The molecule has 0 atom stereocenters. The first kappa shape index (κ1) is 10.1. The van der Waals surface area contributed by atoms with E-state index in [1.165, 1.54) is 10.2 Å². The van der Waals surface area contributed by atoms with Crippen LogP contribution in [0.5, 0.6) is 0 Å². The molecule has 0 spiro atoms. The van der Waals surface area contributed by atoms with Crippen molar-refractivity contribution in [1.82, 2.24) is 14.8 Å². The molecule has 1 N–H and O–H groups in total. The van der Waals surface area contributed by atoms with Gasteiger partial charge in [-0.15, -0.1) is 0 Å². The normalized spacial score (nSPS) is 11.4. The lowest BCUT2D eigenvalue weighted by Gasteiger charge is -2.03. The second-order valence-electron chi connectivity index (χ2n) is 4.19. The number of hydrogen-bond acceptors (Lipinski definition) is 2. The second kappa shape index (κ2) is 3.45. The van der Waals surface area contributed by atoms with E-state index in [1.807, 2.05) is 12.1 Å². The third-order valence-electron chi connectivity index (χ3n) is 3.18. The molecule has 86 valence electrons. The summed E-state index contributed by atoms with van der Waals surface area (Å²) in [5.74, 6) is 0. The molecule has 0 fully saturated rings. The highest BCUT2D eigenvalue weighted by molar-refractivity contribution is 6.03. The molecule has 0 aliphatic heterocycles. The first-order chi connectivity index (χ1) is 8.22. The summed E-state index contributed by atoms with van der Waals surface area (Å²) in [5.41, 5.74) is 3.02. The highest BCUT2D eigenvalue weighted by Crippen LogP contribution is 2.22. The van der Waals surface area contributed by atoms with Gasteiger partial charge < -0.3 is 0 Å². The van der Waals surface area contributed by atoms with Gasteiger partial charge in [0.05, 0.1) is 16.4 Å². The van der Waals surface area contributed by atoms with Crippen LogP contribution in [0.3, 0.4) is 0 Å². The van der Waals surface area contributed by atoms with E-state index in [-0.39, 0.29) is 5.56 Å². The van der Waals surface area contributed by atoms with Crippen molar-refractivity contribution in [2.45, 2.75) is 13.3 Å². The highest BCUT2D eigenvalue weighted by Gasteiger charge is 2.10. The van der Waals surface area contributed by atoms with Gasteiger partial charge in [0.2, 0.25) is 0 Å². The maximum atomic E-state index is 11.8. The molecule has 0 radical (unpaired) electrons. The summed E-state index contributed by atoms with van der Waals surface area (Å²) in [6.07, 6.45) is 2.60. The van der Waals surface area contributed by atoms with Crippen LogP contribution in [-0.2, 0) is 13.5 Å². The van der Waals surface area contributed by atoms with Crippen LogP contribution < -0.4 is 5.56 Å². The van der Waals surface area contributed by atoms with Crippen LogP contribution in [0.15, 0.2) is 29.2 Å². The van der Waals surface area contributed by atoms with E-state index in [0.29, 0.717) is 5.39 Å². The molecule has 2 heterocycles. The van der Waals surface area contributed by atoms with Crippen molar-refractivity contribution in [3.8, 4) is 0 Å². The quantitative estimate of drug-likeness (QED) is 0.691. The van der Waals surface area contributed by atoms with E-state index in [9.17, 15) is 4.79 Å². The van der Waals surface area contributed by atoms with Gasteiger partial charge in [0.25, 0.3) is 5.56 Å². The third kappa shape index (κ3) is 1.30. The monoisotopic (exact) mass is 227 g/mol. The van der Waals surface area contributed by atoms with Crippen molar-refractivity contribution in [3.05, 3.63) is 40.3 Å². The Morgan fingerprint density at radius 2 is 2.18 bits per heavy atom. The highest BCUT2D eigenvalue weighted by atomic mass is 16.1. The van der Waals surface area contributed by atoms with Gasteiger partial charge in [0.1, 0.15) is 0 Å².